The molecule has 1 N–H and O–H groups in total. The van der Waals surface area contributed by atoms with Crippen molar-refractivity contribution in [2.24, 2.45) is 17.8 Å². The Hall–Kier alpha value is -1.16. The number of aromatic nitrogens is 3. The number of rotatable bonds is 5. The summed E-state index contributed by atoms with van der Waals surface area (Å²) >= 11 is 0. The maximum Gasteiger partial charge on any atom is 0.138 e. The average Bonchev–Trinajstić information content (AvgIpc) is 2.74. The molecular formula is C16H27N3O. The van der Waals surface area contributed by atoms with Gasteiger partial charge in [-0.05, 0) is 37.5 Å². The lowest BCUT2D eigenvalue weighted by molar-refractivity contribution is 0.0901. The van der Waals surface area contributed by atoms with E-state index in [9.17, 15) is 5.11 Å². The number of allylic oxidation sites excluding steroid dienone is 2. The molecule has 0 aliphatic heterocycles. The van der Waals surface area contributed by atoms with E-state index in [-0.39, 0.29) is 6.10 Å². The Morgan fingerprint density at radius 1 is 1.45 bits per heavy atom. The summed E-state index contributed by atoms with van der Waals surface area (Å²) in [4.78, 5) is 4.32. The maximum atomic E-state index is 10.5. The quantitative estimate of drug-likeness (QED) is 0.842. The molecular weight excluding hydrogens is 250 g/mol. The molecule has 4 heteroatoms. The van der Waals surface area contributed by atoms with E-state index in [1.54, 1.807) is 6.33 Å². The SMILES string of the molecule is CC1=CC(C)CC(C(O)Cc2ncnn2CC(C)C)C1. The van der Waals surface area contributed by atoms with Crippen LogP contribution in [0, 0.1) is 17.8 Å². The third-order valence-electron chi connectivity index (χ3n) is 4.00. The molecule has 1 heterocycles. The van der Waals surface area contributed by atoms with Crippen molar-refractivity contribution in [1.29, 1.82) is 0 Å². The van der Waals surface area contributed by atoms with Crippen LogP contribution in [0.15, 0.2) is 18.0 Å². The minimum Gasteiger partial charge on any atom is -0.392 e. The van der Waals surface area contributed by atoms with Crippen LogP contribution in [-0.2, 0) is 13.0 Å². The Morgan fingerprint density at radius 3 is 2.85 bits per heavy atom. The van der Waals surface area contributed by atoms with Crippen molar-refractivity contribution in [2.45, 2.75) is 59.6 Å². The maximum absolute atomic E-state index is 10.5. The van der Waals surface area contributed by atoms with Crippen LogP contribution in [0.5, 0.6) is 0 Å². The van der Waals surface area contributed by atoms with Gasteiger partial charge in [-0.1, -0.05) is 32.4 Å². The van der Waals surface area contributed by atoms with E-state index in [4.69, 9.17) is 0 Å². The Labute approximate surface area is 121 Å². The lowest BCUT2D eigenvalue weighted by Gasteiger charge is -2.29. The fourth-order valence-corrected chi connectivity index (χ4v) is 3.19. The number of aliphatic hydroxyl groups is 1. The van der Waals surface area contributed by atoms with E-state index in [0.29, 0.717) is 24.2 Å². The summed E-state index contributed by atoms with van der Waals surface area (Å²) in [5, 5.41) is 14.8. The molecule has 0 bridgehead atoms. The van der Waals surface area contributed by atoms with Crippen molar-refractivity contribution in [1.82, 2.24) is 14.8 Å². The molecule has 3 atom stereocenters. The zero-order valence-electron chi connectivity index (χ0n) is 13.1. The van der Waals surface area contributed by atoms with Gasteiger partial charge in [-0.25, -0.2) is 9.67 Å². The van der Waals surface area contributed by atoms with E-state index in [0.717, 1.165) is 25.2 Å². The van der Waals surface area contributed by atoms with Crippen LogP contribution in [0.2, 0.25) is 0 Å². The minimum atomic E-state index is -0.323. The van der Waals surface area contributed by atoms with Crippen LogP contribution < -0.4 is 0 Å². The van der Waals surface area contributed by atoms with Gasteiger partial charge in [0.05, 0.1) is 6.10 Å². The lowest BCUT2D eigenvalue weighted by Crippen LogP contribution is -2.28. The molecule has 1 aromatic heterocycles. The van der Waals surface area contributed by atoms with Crippen molar-refractivity contribution in [3.8, 4) is 0 Å². The highest BCUT2D eigenvalue weighted by Gasteiger charge is 2.26. The predicted octanol–water partition coefficient (Wildman–Crippen LogP) is 2.83. The number of hydrogen-bond acceptors (Lipinski definition) is 3. The molecule has 112 valence electrons. The standard InChI is InChI=1S/C16H27N3O/c1-11(2)9-19-16(17-10-18-19)8-15(20)14-6-12(3)5-13(4)7-14/h5,10-12,14-15,20H,6-9H2,1-4H3. The lowest BCUT2D eigenvalue weighted by atomic mass is 9.80. The van der Waals surface area contributed by atoms with Gasteiger partial charge < -0.3 is 5.11 Å². The first-order valence-electron chi connectivity index (χ1n) is 7.67. The highest BCUT2D eigenvalue weighted by Crippen LogP contribution is 2.31. The van der Waals surface area contributed by atoms with Gasteiger partial charge in [-0.2, -0.15) is 5.10 Å². The molecule has 1 aliphatic rings. The van der Waals surface area contributed by atoms with Crippen LogP contribution in [0.3, 0.4) is 0 Å². The van der Waals surface area contributed by atoms with Crippen LogP contribution >= 0.6 is 0 Å². The van der Waals surface area contributed by atoms with Gasteiger partial charge >= 0.3 is 0 Å². The van der Waals surface area contributed by atoms with Crippen molar-refractivity contribution in [3.63, 3.8) is 0 Å². The third-order valence-corrected chi connectivity index (χ3v) is 4.00. The van der Waals surface area contributed by atoms with Crippen molar-refractivity contribution < 1.29 is 5.11 Å². The molecule has 0 spiro atoms. The van der Waals surface area contributed by atoms with Gasteiger partial charge in [0, 0.05) is 13.0 Å². The summed E-state index contributed by atoms with van der Waals surface area (Å²) in [7, 11) is 0. The number of aliphatic hydroxyl groups excluding tert-OH is 1. The van der Waals surface area contributed by atoms with Gasteiger partial charge in [-0.3, -0.25) is 0 Å². The molecule has 0 amide bonds. The van der Waals surface area contributed by atoms with Crippen LogP contribution in [-0.4, -0.2) is 26.0 Å². The van der Waals surface area contributed by atoms with Gasteiger partial charge in [-0.15, -0.1) is 0 Å². The fraction of sp³-hybridized carbons (Fsp3) is 0.750. The molecule has 1 aromatic rings. The molecule has 3 unspecified atom stereocenters. The zero-order chi connectivity index (χ0) is 14.7. The summed E-state index contributed by atoms with van der Waals surface area (Å²) in [5.41, 5.74) is 1.40. The van der Waals surface area contributed by atoms with Gasteiger partial charge in [0.1, 0.15) is 12.2 Å². The normalized spacial score (nSPS) is 24.8. The Bertz CT molecular complexity index is 464. The Balaban J connectivity index is 1.99. The van der Waals surface area contributed by atoms with Crippen LogP contribution in [0.1, 0.15) is 46.4 Å². The average molecular weight is 277 g/mol. The molecule has 20 heavy (non-hydrogen) atoms. The number of nitrogens with zero attached hydrogens (tertiary/aromatic N) is 3. The third kappa shape index (κ3) is 3.92. The summed E-state index contributed by atoms with van der Waals surface area (Å²) < 4.78 is 1.93. The summed E-state index contributed by atoms with van der Waals surface area (Å²) in [6.45, 7) is 9.58. The van der Waals surface area contributed by atoms with Crippen molar-refractivity contribution in [3.05, 3.63) is 23.8 Å². The molecule has 0 saturated heterocycles. The second-order valence-corrected chi connectivity index (χ2v) is 6.71. The van der Waals surface area contributed by atoms with Crippen molar-refractivity contribution in [2.75, 3.05) is 0 Å². The zero-order valence-corrected chi connectivity index (χ0v) is 13.1. The first-order valence-corrected chi connectivity index (χ1v) is 7.67. The van der Waals surface area contributed by atoms with E-state index in [2.05, 4.69) is 43.9 Å². The monoisotopic (exact) mass is 277 g/mol. The van der Waals surface area contributed by atoms with E-state index >= 15 is 0 Å². The van der Waals surface area contributed by atoms with Gasteiger partial charge in [0.25, 0.3) is 0 Å². The van der Waals surface area contributed by atoms with E-state index < -0.39 is 0 Å². The highest BCUT2D eigenvalue weighted by molar-refractivity contribution is 5.07. The topological polar surface area (TPSA) is 50.9 Å². The highest BCUT2D eigenvalue weighted by atomic mass is 16.3. The van der Waals surface area contributed by atoms with E-state index in [1.807, 2.05) is 4.68 Å². The second kappa shape index (κ2) is 6.53. The molecule has 0 aromatic carbocycles. The molecule has 0 radical (unpaired) electrons. The number of hydrogen-bond donors (Lipinski definition) is 1. The summed E-state index contributed by atoms with van der Waals surface area (Å²) in [6.07, 6.45) is 6.28. The first-order chi connectivity index (χ1) is 9.45. The van der Waals surface area contributed by atoms with E-state index in [1.165, 1.54) is 5.57 Å². The molecule has 2 rings (SSSR count). The van der Waals surface area contributed by atoms with Crippen LogP contribution in [0.25, 0.3) is 0 Å². The Morgan fingerprint density at radius 2 is 2.20 bits per heavy atom. The summed E-state index contributed by atoms with van der Waals surface area (Å²) in [5.74, 6) is 2.36. The summed E-state index contributed by atoms with van der Waals surface area (Å²) in [6, 6.07) is 0. The minimum absolute atomic E-state index is 0.323. The second-order valence-electron chi connectivity index (χ2n) is 6.71. The molecule has 0 fully saturated rings. The fourth-order valence-electron chi connectivity index (χ4n) is 3.19. The molecule has 4 nitrogen and oxygen atoms in total. The first kappa shape index (κ1) is 15.2. The largest absolute Gasteiger partial charge is 0.392 e. The molecule has 0 saturated carbocycles. The predicted molar refractivity (Wildman–Crippen MR) is 80.2 cm³/mol. The Kier molecular flexibility index (Phi) is 4.97. The smallest absolute Gasteiger partial charge is 0.138 e. The molecule has 1 aliphatic carbocycles. The van der Waals surface area contributed by atoms with Crippen molar-refractivity contribution >= 4 is 0 Å². The van der Waals surface area contributed by atoms with Gasteiger partial charge in [0.15, 0.2) is 0 Å². The van der Waals surface area contributed by atoms with Gasteiger partial charge in [0.2, 0.25) is 0 Å². The van der Waals surface area contributed by atoms with Crippen LogP contribution in [0.4, 0.5) is 0 Å².